The highest BCUT2D eigenvalue weighted by atomic mass is 16.4. The standard InChI is InChI=1S/C26H42N8O6/c27-12-2-1-6-19(32-22(36)18(28)5-3-13-31-26(29)30)23(37)33-20(15-16-8-10-17(35)11-9-16)24(38)34-14-4-7-21(34)25(39)40/h8-11,18-21,35H,1-7,12-15,27-28H2,(H,32,36)(H,33,37)(H,39,40)(H4,29,30,31). The van der Waals surface area contributed by atoms with Crippen molar-refractivity contribution in [2.45, 2.75) is 75.5 Å². The van der Waals surface area contributed by atoms with Crippen molar-refractivity contribution in [2.75, 3.05) is 19.6 Å². The molecule has 1 aliphatic rings. The number of phenols is 1. The van der Waals surface area contributed by atoms with Crippen molar-refractivity contribution in [3.63, 3.8) is 0 Å². The van der Waals surface area contributed by atoms with Crippen molar-refractivity contribution in [1.29, 1.82) is 0 Å². The molecular formula is C26H42N8O6. The van der Waals surface area contributed by atoms with Gasteiger partial charge in [0.1, 0.15) is 23.9 Å². The van der Waals surface area contributed by atoms with Gasteiger partial charge in [-0.2, -0.15) is 0 Å². The first-order chi connectivity index (χ1) is 19.0. The summed E-state index contributed by atoms with van der Waals surface area (Å²) in [5.74, 6) is -2.80. The third-order valence-electron chi connectivity index (χ3n) is 6.70. The van der Waals surface area contributed by atoms with E-state index in [1.54, 1.807) is 12.1 Å². The lowest BCUT2D eigenvalue weighted by Gasteiger charge is -2.29. The van der Waals surface area contributed by atoms with Gasteiger partial charge in [-0.15, -0.1) is 0 Å². The van der Waals surface area contributed by atoms with E-state index in [0.29, 0.717) is 50.8 Å². The fraction of sp³-hybridized carbons (Fsp3) is 0.577. The Morgan fingerprint density at radius 3 is 2.30 bits per heavy atom. The summed E-state index contributed by atoms with van der Waals surface area (Å²) in [6.07, 6.45) is 3.07. The number of benzene rings is 1. The molecule has 0 bridgehead atoms. The number of aromatic hydroxyl groups is 1. The Kier molecular flexibility index (Phi) is 13.1. The molecule has 14 nitrogen and oxygen atoms in total. The van der Waals surface area contributed by atoms with Crippen LogP contribution in [0.2, 0.25) is 0 Å². The molecule has 0 radical (unpaired) electrons. The van der Waals surface area contributed by atoms with Crippen LogP contribution in [0.5, 0.6) is 5.75 Å². The number of carboxylic acids is 1. The van der Waals surface area contributed by atoms with E-state index in [-0.39, 0.29) is 37.5 Å². The third kappa shape index (κ3) is 10.3. The molecule has 12 N–H and O–H groups in total. The average Bonchev–Trinajstić information content (AvgIpc) is 3.41. The van der Waals surface area contributed by atoms with Crippen LogP contribution in [0.25, 0.3) is 0 Å². The maximum Gasteiger partial charge on any atom is 0.326 e. The SMILES string of the molecule is NCCCCC(NC(=O)C(N)CCCN=C(N)N)C(=O)NC(Cc1ccc(O)cc1)C(=O)N1CCCC1C(=O)O. The second kappa shape index (κ2) is 16.3. The van der Waals surface area contributed by atoms with Crippen molar-refractivity contribution in [3.8, 4) is 5.75 Å². The molecule has 14 heteroatoms. The summed E-state index contributed by atoms with van der Waals surface area (Å²) < 4.78 is 0. The van der Waals surface area contributed by atoms with Gasteiger partial charge in [0.25, 0.3) is 0 Å². The molecule has 1 aromatic rings. The zero-order valence-corrected chi connectivity index (χ0v) is 22.6. The zero-order chi connectivity index (χ0) is 29.7. The molecule has 40 heavy (non-hydrogen) atoms. The van der Waals surface area contributed by atoms with Gasteiger partial charge in [-0.1, -0.05) is 12.1 Å². The van der Waals surface area contributed by atoms with Gasteiger partial charge in [-0.25, -0.2) is 4.79 Å². The predicted molar refractivity (Wildman–Crippen MR) is 149 cm³/mol. The minimum Gasteiger partial charge on any atom is -0.508 e. The van der Waals surface area contributed by atoms with Crippen molar-refractivity contribution < 1.29 is 29.4 Å². The highest BCUT2D eigenvalue weighted by Gasteiger charge is 2.38. The molecule has 1 fully saturated rings. The minimum absolute atomic E-state index is 0.0402. The number of nitrogens with zero attached hydrogens (tertiary/aromatic N) is 2. The fourth-order valence-corrected chi connectivity index (χ4v) is 4.52. The van der Waals surface area contributed by atoms with E-state index >= 15 is 0 Å². The summed E-state index contributed by atoms with van der Waals surface area (Å²) in [5.41, 5.74) is 22.9. The number of likely N-dealkylation sites (tertiary alicyclic amines) is 1. The number of carbonyl (C=O) groups excluding carboxylic acids is 3. The van der Waals surface area contributed by atoms with Crippen LogP contribution in [0.1, 0.15) is 50.5 Å². The molecule has 3 amide bonds. The molecule has 2 rings (SSSR count). The van der Waals surface area contributed by atoms with Crippen LogP contribution in [0.15, 0.2) is 29.3 Å². The fourth-order valence-electron chi connectivity index (χ4n) is 4.52. The number of carboxylic acid groups (broad SMARTS) is 1. The predicted octanol–water partition coefficient (Wildman–Crippen LogP) is -1.51. The highest BCUT2D eigenvalue weighted by Crippen LogP contribution is 2.20. The highest BCUT2D eigenvalue weighted by molar-refractivity contribution is 5.94. The van der Waals surface area contributed by atoms with Crippen LogP contribution in [0.3, 0.4) is 0 Å². The van der Waals surface area contributed by atoms with E-state index in [1.165, 1.54) is 17.0 Å². The van der Waals surface area contributed by atoms with E-state index in [9.17, 15) is 29.4 Å². The smallest absolute Gasteiger partial charge is 0.326 e. The number of amides is 3. The van der Waals surface area contributed by atoms with Crippen molar-refractivity contribution in [1.82, 2.24) is 15.5 Å². The van der Waals surface area contributed by atoms with Crippen molar-refractivity contribution in [2.24, 2.45) is 27.9 Å². The molecule has 0 aromatic heterocycles. The Hall–Kier alpha value is -3.91. The van der Waals surface area contributed by atoms with Gasteiger partial charge < -0.3 is 48.7 Å². The zero-order valence-electron chi connectivity index (χ0n) is 22.6. The molecule has 0 aliphatic carbocycles. The summed E-state index contributed by atoms with van der Waals surface area (Å²) in [6.45, 7) is 0.960. The van der Waals surface area contributed by atoms with E-state index in [4.69, 9.17) is 22.9 Å². The number of unbranched alkanes of at least 4 members (excludes halogenated alkanes) is 1. The first kappa shape index (κ1) is 32.3. The molecule has 1 aromatic carbocycles. The number of rotatable bonds is 16. The van der Waals surface area contributed by atoms with Gasteiger partial charge in [-0.05, 0) is 69.2 Å². The maximum atomic E-state index is 13.5. The van der Waals surface area contributed by atoms with Gasteiger partial charge >= 0.3 is 5.97 Å². The van der Waals surface area contributed by atoms with Crippen LogP contribution in [-0.4, -0.2) is 88.6 Å². The molecule has 0 saturated carbocycles. The van der Waals surface area contributed by atoms with Gasteiger partial charge in [0, 0.05) is 19.5 Å². The first-order valence-electron chi connectivity index (χ1n) is 13.5. The van der Waals surface area contributed by atoms with Gasteiger partial charge in [0.2, 0.25) is 17.7 Å². The van der Waals surface area contributed by atoms with Gasteiger partial charge in [-0.3, -0.25) is 19.4 Å². The normalized spacial score (nSPS) is 16.9. The van der Waals surface area contributed by atoms with Crippen molar-refractivity contribution in [3.05, 3.63) is 29.8 Å². The summed E-state index contributed by atoms with van der Waals surface area (Å²) >= 11 is 0. The summed E-state index contributed by atoms with van der Waals surface area (Å²) in [4.78, 5) is 56.6. The monoisotopic (exact) mass is 562 g/mol. The number of guanidine groups is 1. The van der Waals surface area contributed by atoms with E-state index < -0.39 is 47.9 Å². The van der Waals surface area contributed by atoms with E-state index in [2.05, 4.69) is 15.6 Å². The summed E-state index contributed by atoms with van der Waals surface area (Å²) in [7, 11) is 0. The molecule has 4 unspecified atom stereocenters. The number of nitrogens with one attached hydrogen (secondary N) is 2. The Bertz CT molecular complexity index is 1030. The number of nitrogens with two attached hydrogens (primary N) is 4. The maximum absolute atomic E-state index is 13.5. The molecule has 222 valence electrons. The quantitative estimate of drug-likeness (QED) is 0.0656. The Labute approximate surface area is 233 Å². The lowest BCUT2D eigenvalue weighted by molar-refractivity contribution is -0.149. The largest absolute Gasteiger partial charge is 0.508 e. The minimum atomic E-state index is -1.11. The van der Waals surface area contributed by atoms with Crippen LogP contribution >= 0.6 is 0 Å². The number of hydrogen-bond donors (Lipinski definition) is 8. The molecule has 1 saturated heterocycles. The summed E-state index contributed by atoms with van der Waals surface area (Å²) in [5, 5.41) is 24.6. The summed E-state index contributed by atoms with van der Waals surface area (Å²) in [6, 6.07) is 2.16. The third-order valence-corrected chi connectivity index (χ3v) is 6.70. The number of carbonyl (C=O) groups is 4. The van der Waals surface area contributed by atoms with E-state index in [0.717, 1.165) is 0 Å². The Morgan fingerprint density at radius 2 is 1.68 bits per heavy atom. The second-order valence-corrected chi connectivity index (χ2v) is 9.86. The molecule has 4 atom stereocenters. The molecule has 0 spiro atoms. The molecule has 1 aliphatic heterocycles. The number of aliphatic imine (C=N–C) groups is 1. The van der Waals surface area contributed by atoms with Crippen LogP contribution in [0.4, 0.5) is 0 Å². The lowest BCUT2D eigenvalue weighted by Crippen LogP contribution is -2.57. The Balaban J connectivity index is 2.19. The average molecular weight is 563 g/mol. The van der Waals surface area contributed by atoms with Crippen molar-refractivity contribution >= 4 is 29.7 Å². The lowest BCUT2D eigenvalue weighted by atomic mass is 10.0. The number of hydrogen-bond acceptors (Lipinski definition) is 8. The Morgan fingerprint density at radius 1 is 1.00 bits per heavy atom. The van der Waals surface area contributed by atoms with Gasteiger partial charge in [0.05, 0.1) is 6.04 Å². The molecule has 1 heterocycles. The van der Waals surface area contributed by atoms with Crippen LogP contribution in [-0.2, 0) is 25.6 Å². The number of aliphatic carboxylic acids is 1. The molecular weight excluding hydrogens is 520 g/mol. The van der Waals surface area contributed by atoms with Crippen LogP contribution < -0.4 is 33.6 Å². The second-order valence-electron chi connectivity index (χ2n) is 9.86. The topological polar surface area (TPSA) is 252 Å². The van der Waals surface area contributed by atoms with E-state index in [1.807, 2.05) is 0 Å². The van der Waals surface area contributed by atoms with Crippen LogP contribution in [0, 0.1) is 0 Å². The first-order valence-corrected chi connectivity index (χ1v) is 13.5. The van der Waals surface area contributed by atoms with Gasteiger partial charge in [0.15, 0.2) is 5.96 Å². The number of phenolic OH excluding ortho intramolecular Hbond substituents is 1.